The van der Waals surface area contributed by atoms with E-state index in [2.05, 4.69) is 20.2 Å². The maximum atomic E-state index is 12.7. The molecule has 1 fully saturated rings. The molecule has 1 saturated carbocycles. The van der Waals surface area contributed by atoms with E-state index in [1.807, 2.05) is 47.0 Å². The Morgan fingerprint density at radius 2 is 1.96 bits per heavy atom. The zero-order valence-corrected chi connectivity index (χ0v) is 16.1. The number of hydrogen-bond acceptors (Lipinski definition) is 5. The molecule has 8 heteroatoms. The number of sulfone groups is 1. The second kappa shape index (κ2) is 6.70. The van der Waals surface area contributed by atoms with E-state index in [1.165, 1.54) is 0 Å². The second-order valence-electron chi connectivity index (χ2n) is 7.64. The normalized spacial score (nSPS) is 20.3. The number of nitrogens with one attached hydrogen (secondary N) is 1. The summed E-state index contributed by atoms with van der Waals surface area (Å²) in [5.74, 6) is 1.63. The maximum absolute atomic E-state index is 12.7. The molecule has 4 aromatic rings. The van der Waals surface area contributed by atoms with Gasteiger partial charge in [-0.2, -0.15) is 0 Å². The maximum Gasteiger partial charge on any atom is 0.179 e. The van der Waals surface area contributed by atoms with Crippen LogP contribution in [0.25, 0.3) is 16.8 Å². The summed E-state index contributed by atoms with van der Waals surface area (Å²) < 4.78 is 27.4. The van der Waals surface area contributed by atoms with Crippen LogP contribution in [0.2, 0.25) is 0 Å². The Labute approximate surface area is 162 Å². The van der Waals surface area contributed by atoms with Crippen molar-refractivity contribution in [1.82, 2.24) is 24.6 Å². The first kappa shape index (κ1) is 17.4. The van der Waals surface area contributed by atoms with Gasteiger partial charge in [-0.25, -0.2) is 13.4 Å². The monoisotopic (exact) mass is 395 g/mol. The molecule has 0 radical (unpaired) electrons. The van der Waals surface area contributed by atoms with Crippen molar-refractivity contribution in [3.63, 3.8) is 0 Å². The third-order valence-corrected chi connectivity index (χ3v) is 7.34. The second-order valence-corrected chi connectivity index (χ2v) is 9.75. The summed E-state index contributed by atoms with van der Waals surface area (Å²) in [6, 6.07) is 11.4. The molecule has 1 aliphatic rings. The van der Waals surface area contributed by atoms with Crippen LogP contribution in [0.4, 0.5) is 0 Å². The summed E-state index contributed by atoms with van der Waals surface area (Å²) in [5, 5.41) is 8.68. The van der Waals surface area contributed by atoms with Crippen molar-refractivity contribution in [2.24, 2.45) is 5.92 Å². The first-order chi connectivity index (χ1) is 13.6. The lowest BCUT2D eigenvalue weighted by Crippen LogP contribution is -2.16. The van der Waals surface area contributed by atoms with Crippen molar-refractivity contribution in [3.8, 4) is 0 Å². The fourth-order valence-corrected chi connectivity index (χ4v) is 6.21. The van der Waals surface area contributed by atoms with E-state index in [0.29, 0.717) is 0 Å². The standard InChI is InChI=1S/C20H21N5O2S/c26-28(27,12-14-4-2-1-3-5-14)13-15-6-7-16(10-15)20-24-23-18-11-22-19-17(25(18)20)8-9-21-19/h1-5,8-9,11,15-16,21H,6-7,10,12-13H2/t15-,16+/m0/s1. The van der Waals surface area contributed by atoms with E-state index in [4.69, 9.17) is 0 Å². The Bertz CT molecular complexity index is 1230. The van der Waals surface area contributed by atoms with Gasteiger partial charge in [0, 0.05) is 12.1 Å². The zero-order chi connectivity index (χ0) is 19.1. The molecule has 0 saturated heterocycles. The molecule has 1 N–H and O–H groups in total. The van der Waals surface area contributed by atoms with Gasteiger partial charge in [-0.3, -0.25) is 4.40 Å². The molecule has 7 nitrogen and oxygen atoms in total. The van der Waals surface area contributed by atoms with E-state index < -0.39 is 9.84 Å². The number of aromatic nitrogens is 5. The van der Waals surface area contributed by atoms with Crippen LogP contribution in [0.5, 0.6) is 0 Å². The Hall–Kier alpha value is -2.74. The van der Waals surface area contributed by atoms with Crippen molar-refractivity contribution in [2.75, 3.05) is 5.75 Å². The fourth-order valence-electron chi connectivity index (χ4n) is 4.37. The van der Waals surface area contributed by atoms with Crippen LogP contribution in [0.3, 0.4) is 0 Å². The molecular formula is C20H21N5O2S. The van der Waals surface area contributed by atoms with Gasteiger partial charge in [0.2, 0.25) is 0 Å². The van der Waals surface area contributed by atoms with Crippen molar-refractivity contribution in [2.45, 2.75) is 30.9 Å². The van der Waals surface area contributed by atoms with E-state index >= 15 is 0 Å². The number of nitrogens with zero attached hydrogens (tertiary/aromatic N) is 4. The smallest absolute Gasteiger partial charge is 0.179 e. The molecule has 28 heavy (non-hydrogen) atoms. The van der Waals surface area contributed by atoms with Gasteiger partial charge in [-0.05, 0) is 36.8 Å². The van der Waals surface area contributed by atoms with E-state index in [0.717, 1.165) is 47.5 Å². The SMILES string of the molecule is O=S(=O)(Cc1ccccc1)C[C@H]1CC[C@@H](c2nnc3cnc4[nH]ccc4n23)C1. The van der Waals surface area contributed by atoms with Gasteiger partial charge in [0.1, 0.15) is 5.82 Å². The molecule has 1 aromatic carbocycles. The highest BCUT2D eigenvalue weighted by Crippen LogP contribution is 2.39. The molecule has 3 aromatic heterocycles. The summed E-state index contributed by atoms with van der Waals surface area (Å²) in [7, 11) is -3.14. The molecule has 0 unspecified atom stereocenters. The quantitative estimate of drug-likeness (QED) is 0.560. The van der Waals surface area contributed by atoms with Crippen LogP contribution in [0, 0.1) is 5.92 Å². The van der Waals surface area contributed by atoms with Crippen LogP contribution < -0.4 is 0 Å². The van der Waals surface area contributed by atoms with Crippen LogP contribution in [-0.2, 0) is 15.6 Å². The van der Waals surface area contributed by atoms with Gasteiger partial charge in [0.25, 0.3) is 0 Å². The zero-order valence-electron chi connectivity index (χ0n) is 15.3. The van der Waals surface area contributed by atoms with Gasteiger partial charge in [0.15, 0.2) is 21.1 Å². The highest BCUT2D eigenvalue weighted by atomic mass is 32.2. The van der Waals surface area contributed by atoms with E-state index in [-0.39, 0.29) is 23.3 Å². The Balaban J connectivity index is 1.35. The highest BCUT2D eigenvalue weighted by molar-refractivity contribution is 7.90. The predicted octanol–water partition coefficient (Wildman–Crippen LogP) is 3.10. The van der Waals surface area contributed by atoms with Crippen molar-refractivity contribution >= 4 is 26.6 Å². The number of rotatable bonds is 5. The minimum absolute atomic E-state index is 0.110. The average Bonchev–Trinajstić information content (AvgIpc) is 3.39. The lowest BCUT2D eigenvalue weighted by atomic mass is 10.1. The molecular weight excluding hydrogens is 374 g/mol. The van der Waals surface area contributed by atoms with Crippen molar-refractivity contribution in [3.05, 3.63) is 60.2 Å². The topological polar surface area (TPSA) is 93.0 Å². The molecule has 1 aliphatic carbocycles. The number of hydrogen-bond donors (Lipinski definition) is 1. The van der Waals surface area contributed by atoms with Crippen LogP contribution in [-0.4, -0.2) is 38.7 Å². The van der Waals surface area contributed by atoms with Crippen LogP contribution in [0.1, 0.15) is 36.6 Å². The van der Waals surface area contributed by atoms with Gasteiger partial charge in [-0.15, -0.1) is 10.2 Å². The lowest BCUT2D eigenvalue weighted by Gasteiger charge is -2.12. The molecule has 0 bridgehead atoms. The minimum Gasteiger partial charge on any atom is -0.345 e. The largest absolute Gasteiger partial charge is 0.345 e. The van der Waals surface area contributed by atoms with Gasteiger partial charge >= 0.3 is 0 Å². The van der Waals surface area contributed by atoms with Gasteiger partial charge < -0.3 is 4.98 Å². The Morgan fingerprint density at radius 3 is 2.82 bits per heavy atom. The third kappa shape index (κ3) is 3.17. The summed E-state index contributed by atoms with van der Waals surface area (Å²) in [6.07, 6.45) is 6.22. The number of fused-ring (bicyclic) bond motifs is 3. The molecule has 0 aliphatic heterocycles. The summed E-state index contributed by atoms with van der Waals surface area (Å²) >= 11 is 0. The first-order valence-electron chi connectivity index (χ1n) is 9.50. The number of H-pyrrole nitrogens is 1. The lowest BCUT2D eigenvalue weighted by molar-refractivity contribution is 0.549. The summed E-state index contributed by atoms with van der Waals surface area (Å²) in [6.45, 7) is 0. The number of benzene rings is 1. The molecule has 0 amide bonds. The fraction of sp³-hybridized carbons (Fsp3) is 0.350. The Kier molecular flexibility index (Phi) is 4.16. The Morgan fingerprint density at radius 1 is 1.11 bits per heavy atom. The summed E-state index contributed by atoms with van der Waals surface area (Å²) in [5.41, 5.74) is 3.33. The molecule has 0 spiro atoms. The number of aromatic amines is 1. The summed E-state index contributed by atoms with van der Waals surface area (Å²) in [4.78, 5) is 7.47. The molecule has 144 valence electrons. The van der Waals surface area contributed by atoms with Crippen LogP contribution >= 0.6 is 0 Å². The minimum atomic E-state index is -3.14. The molecule has 5 rings (SSSR count). The van der Waals surface area contributed by atoms with Crippen molar-refractivity contribution in [1.29, 1.82) is 0 Å². The molecule has 3 heterocycles. The van der Waals surface area contributed by atoms with Crippen LogP contribution in [0.15, 0.2) is 48.8 Å². The molecule has 2 atom stereocenters. The van der Waals surface area contributed by atoms with Crippen molar-refractivity contribution < 1.29 is 8.42 Å². The van der Waals surface area contributed by atoms with Gasteiger partial charge in [-0.1, -0.05) is 30.3 Å². The van der Waals surface area contributed by atoms with E-state index in [1.54, 1.807) is 6.20 Å². The van der Waals surface area contributed by atoms with Gasteiger partial charge in [0.05, 0.1) is 23.2 Å². The average molecular weight is 395 g/mol. The van der Waals surface area contributed by atoms with E-state index in [9.17, 15) is 8.42 Å². The predicted molar refractivity (Wildman–Crippen MR) is 107 cm³/mol. The highest BCUT2D eigenvalue weighted by Gasteiger charge is 2.32. The first-order valence-corrected chi connectivity index (χ1v) is 11.3. The third-order valence-electron chi connectivity index (χ3n) is 5.59.